The highest BCUT2D eigenvalue weighted by atomic mass is 32.2. The molecule has 176 valence electrons. The Hall–Kier alpha value is -4.05. The number of hydrogen-bond acceptors (Lipinski definition) is 6. The van der Waals surface area contributed by atoms with Crippen molar-refractivity contribution in [2.45, 2.75) is 31.1 Å². The number of carbonyl (C=O) groups excluding carboxylic acids is 1. The Morgan fingerprint density at radius 2 is 1.71 bits per heavy atom. The summed E-state index contributed by atoms with van der Waals surface area (Å²) in [6.07, 6.45) is 2.08. The van der Waals surface area contributed by atoms with Gasteiger partial charge in [0.05, 0.1) is 0 Å². The molecule has 0 spiro atoms. The quantitative estimate of drug-likeness (QED) is 0.391. The summed E-state index contributed by atoms with van der Waals surface area (Å²) in [5, 5.41) is 21.6. The standard InChI is InChI=1S/C24H22N2O7S/c1-14-12-19(25-23(28)24(29)30)17-8-5-9-18(17)22(14)33-16-10-11-20(27)21(13-16)34(31,32)26-15-6-3-2-4-7-15/h2-4,6-7,10-13,26-27H,5,8-9H2,1H3,(H,25,28)(H,29,30). The van der Waals surface area contributed by atoms with Crippen molar-refractivity contribution in [1.29, 1.82) is 0 Å². The molecule has 34 heavy (non-hydrogen) atoms. The van der Waals surface area contributed by atoms with Crippen LogP contribution in [-0.4, -0.2) is 30.5 Å². The maximum absolute atomic E-state index is 12.9. The number of carboxylic acids is 1. The maximum atomic E-state index is 12.9. The minimum absolute atomic E-state index is 0.200. The van der Waals surface area contributed by atoms with Gasteiger partial charge in [0, 0.05) is 23.0 Å². The van der Waals surface area contributed by atoms with Gasteiger partial charge < -0.3 is 20.3 Å². The largest absolute Gasteiger partial charge is 0.507 e. The highest BCUT2D eigenvalue weighted by molar-refractivity contribution is 7.92. The topological polar surface area (TPSA) is 142 Å². The highest BCUT2D eigenvalue weighted by Crippen LogP contribution is 2.41. The molecule has 10 heteroatoms. The molecule has 3 aromatic rings. The molecule has 0 saturated carbocycles. The van der Waals surface area contributed by atoms with E-state index in [1.54, 1.807) is 43.3 Å². The Kier molecular flexibility index (Phi) is 6.16. The normalized spacial score (nSPS) is 12.6. The maximum Gasteiger partial charge on any atom is 0.394 e. The molecule has 4 N–H and O–H groups in total. The van der Waals surface area contributed by atoms with E-state index in [1.807, 2.05) is 0 Å². The minimum Gasteiger partial charge on any atom is -0.507 e. The number of sulfonamides is 1. The fourth-order valence-electron chi connectivity index (χ4n) is 3.94. The van der Waals surface area contributed by atoms with Gasteiger partial charge in [-0.2, -0.15) is 0 Å². The zero-order chi connectivity index (χ0) is 24.5. The lowest BCUT2D eigenvalue weighted by Crippen LogP contribution is -2.22. The number of ether oxygens (including phenoxy) is 1. The number of phenols is 1. The molecule has 0 aromatic heterocycles. The lowest BCUT2D eigenvalue weighted by Gasteiger charge is -2.18. The number of carboxylic acid groups (broad SMARTS) is 1. The predicted octanol–water partition coefficient (Wildman–Crippen LogP) is 3.81. The van der Waals surface area contributed by atoms with Crippen LogP contribution in [0.3, 0.4) is 0 Å². The van der Waals surface area contributed by atoms with Gasteiger partial charge in [-0.15, -0.1) is 0 Å². The second kappa shape index (κ2) is 9.06. The van der Waals surface area contributed by atoms with E-state index in [9.17, 15) is 23.1 Å². The average Bonchev–Trinajstić information content (AvgIpc) is 3.28. The summed E-state index contributed by atoms with van der Waals surface area (Å²) in [4.78, 5) is 22.3. The van der Waals surface area contributed by atoms with E-state index in [0.29, 0.717) is 35.5 Å². The molecule has 0 fully saturated rings. The smallest absolute Gasteiger partial charge is 0.394 e. The molecule has 0 saturated heterocycles. The number of phenolic OH excluding ortho intramolecular Hbond substituents is 1. The van der Waals surface area contributed by atoms with Gasteiger partial charge in [-0.25, -0.2) is 13.2 Å². The summed E-state index contributed by atoms with van der Waals surface area (Å²) in [5.41, 5.74) is 3.01. The second-order valence-electron chi connectivity index (χ2n) is 7.84. The number of para-hydroxylation sites is 1. The third-order valence-electron chi connectivity index (χ3n) is 5.45. The summed E-state index contributed by atoms with van der Waals surface area (Å²) in [5.74, 6) is -2.42. The number of anilines is 2. The van der Waals surface area contributed by atoms with Gasteiger partial charge in [-0.05, 0) is 67.6 Å². The number of hydrogen-bond donors (Lipinski definition) is 4. The summed E-state index contributed by atoms with van der Waals surface area (Å²) in [7, 11) is -4.09. The first kappa shape index (κ1) is 23.1. The molecule has 1 aliphatic rings. The van der Waals surface area contributed by atoms with Gasteiger partial charge in [0.15, 0.2) is 0 Å². The van der Waals surface area contributed by atoms with Crippen LogP contribution in [0.4, 0.5) is 11.4 Å². The number of aryl methyl sites for hydroxylation is 1. The molecule has 0 aliphatic heterocycles. The van der Waals surface area contributed by atoms with Crippen molar-refractivity contribution in [3.05, 3.63) is 71.3 Å². The van der Waals surface area contributed by atoms with Gasteiger partial charge in [0.25, 0.3) is 10.0 Å². The van der Waals surface area contributed by atoms with Crippen molar-refractivity contribution in [2.75, 3.05) is 10.0 Å². The Morgan fingerprint density at radius 3 is 2.41 bits per heavy atom. The molecule has 0 heterocycles. The van der Waals surface area contributed by atoms with Crippen LogP contribution in [0.1, 0.15) is 23.1 Å². The fraction of sp³-hybridized carbons (Fsp3) is 0.167. The van der Waals surface area contributed by atoms with Crippen molar-refractivity contribution in [2.24, 2.45) is 0 Å². The molecular formula is C24H22N2O7S. The predicted molar refractivity (Wildman–Crippen MR) is 125 cm³/mol. The monoisotopic (exact) mass is 482 g/mol. The number of aromatic hydroxyl groups is 1. The Morgan fingerprint density at radius 1 is 1.00 bits per heavy atom. The van der Waals surface area contributed by atoms with E-state index in [1.165, 1.54) is 18.2 Å². The van der Waals surface area contributed by atoms with Crippen LogP contribution in [0.25, 0.3) is 0 Å². The molecule has 1 amide bonds. The number of benzene rings is 3. The molecule has 0 unspecified atom stereocenters. The summed E-state index contributed by atoms with van der Waals surface area (Å²) in [6, 6.07) is 13.9. The Bertz CT molecular complexity index is 1390. The van der Waals surface area contributed by atoms with Crippen LogP contribution in [0.2, 0.25) is 0 Å². The van der Waals surface area contributed by atoms with Crippen LogP contribution >= 0.6 is 0 Å². The summed E-state index contributed by atoms with van der Waals surface area (Å²) >= 11 is 0. The number of carbonyl (C=O) groups is 2. The lowest BCUT2D eigenvalue weighted by molar-refractivity contribution is -0.147. The van der Waals surface area contributed by atoms with Crippen molar-refractivity contribution < 1.29 is 33.0 Å². The molecular weight excluding hydrogens is 460 g/mol. The zero-order valence-electron chi connectivity index (χ0n) is 18.2. The van der Waals surface area contributed by atoms with Crippen LogP contribution < -0.4 is 14.8 Å². The van der Waals surface area contributed by atoms with E-state index in [2.05, 4.69) is 10.0 Å². The lowest BCUT2D eigenvalue weighted by atomic mass is 10.0. The van der Waals surface area contributed by atoms with Crippen LogP contribution in [0.15, 0.2) is 59.5 Å². The van der Waals surface area contributed by atoms with Gasteiger partial charge in [0.1, 0.15) is 22.1 Å². The first-order valence-corrected chi connectivity index (χ1v) is 11.9. The number of fused-ring (bicyclic) bond motifs is 1. The van der Waals surface area contributed by atoms with Crippen molar-refractivity contribution in [3.63, 3.8) is 0 Å². The molecule has 1 aliphatic carbocycles. The Labute approximate surface area is 196 Å². The van der Waals surface area contributed by atoms with Crippen LogP contribution in [0, 0.1) is 6.92 Å². The SMILES string of the molecule is Cc1cc(NC(=O)C(=O)O)c2c(c1Oc1ccc(O)c(S(=O)(=O)Nc3ccccc3)c1)CCC2. The van der Waals surface area contributed by atoms with Crippen molar-refractivity contribution >= 4 is 33.3 Å². The Balaban J connectivity index is 1.67. The highest BCUT2D eigenvalue weighted by Gasteiger charge is 2.25. The van der Waals surface area contributed by atoms with E-state index in [-0.39, 0.29) is 10.6 Å². The number of amides is 1. The number of rotatable bonds is 6. The minimum atomic E-state index is -4.09. The molecule has 0 bridgehead atoms. The van der Waals surface area contributed by atoms with E-state index >= 15 is 0 Å². The molecule has 0 atom stereocenters. The van der Waals surface area contributed by atoms with E-state index < -0.39 is 27.6 Å². The van der Waals surface area contributed by atoms with Gasteiger partial charge in [-0.3, -0.25) is 9.52 Å². The van der Waals surface area contributed by atoms with E-state index in [0.717, 1.165) is 17.5 Å². The molecule has 0 radical (unpaired) electrons. The zero-order valence-corrected chi connectivity index (χ0v) is 19.0. The van der Waals surface area contributed by atoms with Crippen LogP contribution in [-0.2, 0) is 32.5 Å². The first-order chi connectivity index (χ1) is 16.2. The third-order valence-corrected chi connectivity index (χ3v) is 6.86. The second-order valence-corrected chi connectivity index (χ2v) is 9.49. The summed E-state index contributed by atoms with van der Waals surface area (Å²) in [6.45, 7) is 1.75. The summed E-state index contributed by atoms with van der Waals surface area (Å²) < 4.78 is 34.2. The molecule has 4 rings (SSSR count). The first-order valence-electron chi connectivity index (χ1n) is 10.4. The van der Waals surface area contributed by atoms with E-state index in [4.69, 9.17) is 9.84 Å². The van der Waals surface area contributed by atoms with Crippen LogP contribution in [0.5, 0.6) is 17.2 Å². The molecule has 3 aromatic carbocycles. The molecule has 9 nitrogen and oxygen atoms in total. The third kappa shape index (κ3) is 4.67. The number of aliphatic carboxylic acids is 1. The van der Waals surface area contributed by atoms with Gasteiger partial charge >= 0.3 is 11.9 Å². The van der Waals surface area contributed by atoms with Crippen molar-refractivity contribution in [1.82, 2.24) is 0 Å². The van der Waals surface area contributed by atoms with Crippen molar-refractivity contribution in [3.8, 4) is 17.2 Å². The van der Waals surface area contributed by atoms with Gasteiger partial charge in [0.2, 0.25) is 0 Å². The van der Waals surface area contributed by atoms with Gasteiger partial charge in [-0.1, -0.05) is 18.2 Å². The fourth-order valence-corrected chi connectivity index (χ4v) is 5.11. The number of nitrogens with one attached hydrogen (secondary N) is 2. The average molecular weight is 483 g/mol.